The third-order valence-corrected chi connectivity index (χ3v) is 6.13. The third kappa shape index (κ3) is 2.91. The zero-order valence-electron chi connectivity index (χ0n) is 15.3. The molecule has 1 fully saturated rings. The SMILES string of the molecule is Fc1ccc2c(c1)c1c(n2Cc2cccc(C(F)(F)F)c2)C2CCN(CC2)C1. The summed E-state index contributed by atoms with van der Waals surface area (Å²) in [5, 5.41) is 0.890. The summed E-state index contributed by atoms with van der Waals surface area (Å²) in [7, 11) is 0. The summed E-state index contributed by atoms with van der Waals surface area (Å²) in [6.45, 7) is 3.17. The van der Waals surface area contributed by atoms with Crippen molar-refractivity contribution in [3.05, 3.63) is 70.7 Å². The van der Waals surface area contributed by atoms with Crippen LogP contribution in [0.5, 0.6) is 0 Å². The molecule has 6 heteroatoms. The summed E-state index contributed by atoms with van der Waals surface area (Å²) in [5.41, 5.74) is 3.20. The van der Waals surface area contributed by atoms with Crippen LogP contribution in [0.25, 0.3) is 10.9 Å². The fourth-order valence-electron chi connectivity index (χ4n) is 4.84. The number of halogens is 4. The average molecular weight is 388 g/mol. The van der Waals surface area contributed by atoms with E-state index >= 15 is 0 Å². The highest BCUT2D eigenvalue weighted by atomic mass is 19.4. The van der Waals surface area contributed by atoms with Crippen LogP contribution in [-0.2, 0) is 19.3 Å². The van der Waals surface area contributed by atoms with Crippen LogP contribution in [0, 0.1) is 5.82 Å². The molecule has 6 rings (SSSR count). The van der Waals surface area contributed by atoms with Crippen LogP contribution in [0.1, 0.15) is 41.1 Å². The first-order valence-electron chi connectivity index (χ1n) is 9.59. The van der Waals surface area contributed by atoms with Crippen LogP contribution in [0.4, 0.5) is 17.6 Å². The Morgan fingerprint density at radius 3 is 2.54 bits per heavy atom. The van der Waals surface area contributed by atoms with Gasteiger partial charge in [-0.25, -0.2) is 4.39 Å². The van der Waals surface area contributed by atoms with Crippen molar-refractivity contribution in [3.8, 4) is 0 Å². The van der Waals surface area contributed by atoms with E-state index in [9.17, 15) is 17.6 Å². The summed E-state index contributed by atoms with van der Waals surface area (Å²) < 4.78 is 55.5. The third-order valence-electron chi connectivity index (χ3n) is 6.13. The van der Waals surface area contributed by atoms with E-state index in [-0.39, 0.29) is 5.82 Å². The van der Waals surface area contributed by atoms with E-state index in [4.69, 9.17) is 0 Å². The number of fused-ring (bicyclic) bond motifs is 3. The number of rotatable bonds is 2. The van der Waals surface area contributed by atoms with Gasteiger partial charge in [0.1, 0.15) is 5.82 Å². The van der Waals surface area contributed by atoms with Gasteiger partial charge in [-0.1, -0.05) is 12.1 Å². The van der Waals surface area contributed by atoms with Crippen molar-refractivity contribution < 1.29 is 17.6 Å². The van der Waals surface area contributed by atoms with Gasteiger partial charge in [-0.3, -0.25) is 4.90 Å². The van der Waals surface area contributed by atoms with Gasteiger partial charge in [-0.05, 0) is 67.4 Å². The molecule has 0 spiro atoms. The Morgan fingerprint density at radius 2 is 1.79 bits per heavy atom. The minimum atomic E-state index is -4.36. The quantitative estimate of drug-likeness (QED) is 0.523. The maximum atomic E-state index is 14.0. The predicted octanol–water partition coefficient (Wildman–Crippen LogP) is 5.54. The molecular formula is C22H20F4N2. The Bertz CT molecular complexity index is 1040. The van der Waals surface area contributed by atoms with Crippen LogP contribution in [-0.4, -0.2) is 22.6 Å². The van der Waals surface area contributed by atoms with E-state index in [1.54, 1.807) is 18.2 Å². The molecule has 3 aliphatic rings. The summed E-state index contributed by atoms with van der Waals surface area (Å²) in [5.74, 6) is 0.0909. The summed E-state index contributed by atoms with van der Waals surface area (Å²) in [6.07, 6.45) is -2.29. The van der Waals surface area contributed by atoms with Crippen LogP contribution in [0.15, 0.2) is 42.5 Å². The van der Waals surface area contributed by atoms with Gasteiger partial charge in [0.05, 0.1) is 5.56 Å². The van der Waals surface area contributed by atoms with E-state index < -0.39 is 11.7 Å². The molecule has 0 unspecified atom stereocenters. The molecule has 146 valence electrons. The monoisotopic (exact) mass is 388 g/mol. The Morgan fingerprint density at radius 1 is 1.00 bits per heavy atom. The number of hydrogen-bond donors (Lipinski definition) is 0. The molecule has 0 atom stereocenters. The van der Waals surface area contributed by atoms with E-state index in [0.29, 0.717) is 18.0 Å². The average Bonchev–Trinajstić information content (AvgIpc) is 2.80. The molecule has 4 heterocycles. The van der Waals surface area contributed by atoms with Gasteiger partial charge < -0.3 is 4.57 Å². The number of benzene rings is 2. The van der Waals surface area contributed by atoms with Gasteiger partial charge in [0.25, 0.3) is 0 Å². The van der Waals surface area contributed by atoms with Gasteiger partial charge in [0.2, 0.25) is 0 Å². The number of aromatic nitrogens is 1. The van der Waals surface area contributed by atoms with E-state index in [1.165, 1.54) is 23.9 Å². The molecule has 0 radical (unpaired) electrons. The van der Waals surface area contributed by atoms with Crippen molar-refractivity contribution in [2.75, 3.05) is 13.1 Å². The second-order valence-corrected chi connectivity index (χ2v) is 7.86. The minimum absolute atomic E-state index is 0.280. The maximum Gasteiger partial charge on any atom is 0.416 e. The van der Waals surface area contributed by atoms with Crippen molar-refractivity contribution in [1.29, 1.82) is 0 Å². The Labute approximate surface area is 160 Å². The first-order chi connectivity index (χ1) is 13.4. The van der Waals surface area contributed by atoms with Gasteiger partial charge in [0, 0.05) is 35.6 Å². The number of piperidine rings is 1. The fourth-order valence-corrected chi connectivity index (χ4v) is 4.84. The van der Waals surface area contributed by atoms with Gasteiger partial charge in [-0.15, -0.1) is 0 Å². The topological polar surface area (TPSA) is 8.17 Å². The Kier molecular flexibility index (Phi) is 4.02. The predicted molar refractivity (Wildman–Crippen MR) is 99.7 cm³/mol. The molecule has 3 aromatic rings. The van der Waals surface area contributed by atoms with E-state index in [2.05, 4.69) is 9.47 Å². The second-order valence-electron chi connectivity index (χ2n) is 7.86. The minimum Gasteiger partial charge on any atom is -0.340 e. The lowest BCUT2D eigenvalue weighted by atomic mass is 9.94. The second kappa shape index (κ2) is 6.34. The lowest BCUT2D eigenvalue weighted by molar-refractivity contribution is -0.137. The highest BCUT2D eigenvalue weighted by molar-refractivity contribution is 5.86. The summed E-state index contributed by atoms with van der Waals surface area (Å²) in [6, 6.07) is 10.3. The lowest BCUT2D eigenvalue weighted by Gasteiger charge is -2.27. The van der Waals surface area contributed by atoms with Crippen LogP contribution in [0.3, 0.4) is 0 Å². The first kappa shape index (κ1) is 17.7. The van der Waals surface area contributed by atoms with Crippen LogP contribution >= 0.6 is 0 Å². The highest BCUT2D eigenvalue weighted by Gasteiger charge is 2.33. The molecule has 0 amide bonds. The maximum absolute atomic E-state index is 14.0. The Balaban J connectivity index is 1.67. The van der Waals surface area contributed by atoms with Crippen molar-refractivity contribution in [2.45, 2.75) is 38.0 Å². The first-order valence-corrected chi connectivity index (χ1v) is 9.59. The van der Waals surface area contributed by atoms with E-state index in [1.807, 2.05) is 0 Å². The fraction of sp³-hybridized carbons (Fsp3) is 0.364. The summed E-state index contributed by atoms with van der Waals surface area (Å²) >= 11 is 0. The largest absolute Gasteiger partial charge is 0.416 e. The normalized spacial score (nSPS) is 21.7. The lowest BCUT2D eigenvalue weighted by Crippen LogP contribution is -2.29. The number of alkyl halides is 3. The molecule has 0 aliphatic carbocycles. The number of nitrogens with zero attached hydrogens (tertiary/aromatic N) is 2. The molecule has 0 N–H and O–H groups in total. The standard InChI is InChI=1S/C22H20F4N2/c23-17-4-5-20-18(11-17)19-13-27-8-6-15(7-9-27)21(19)28(20)12-14-2-1-3-16(10-14)22(24,25)26/h1-5,10-11,15H,6-9,12-13H2. The van der Waals surface area contributed by atoms with Crippen molar-refractivity contribution >= 4 is 10.9 Å². The molecule has 3 aliphatic heterocycles. The molecule has 0 saturated carbocycles. The van der Waals surface area contributed by atoms with Crippen LogP contribution in [0.2, 0.25) is 0 Å². The Hall–Kier alpha value is -2.34. The molecule has 28 heavy (non-hydrogen) atoms. The summed E-state index contributed by atoms with van der Waals surface area (Å²) in [4.78, 5) is 2.39. The molecule has 1 saturated heterocycles. The molecule has 1 aromatic heterocycles. The zero-order chi connectivity index (χ0) is 19.5. The highest BCUT2D eigenvalue weighted by Crippen LogP contribution is 2.41. The van der Waals surface area contributed by atoms with E-state index in [0.717, 1.165) is 55.0 Å². The van der Waals surface area contributed by atoms with Crippen molar-refractivity contribution in [1.82, 2.24) is 9.47 Å². The molecular weight excluding hydrogens is 368 g/mol. The van der Waals surface area contributed by atoms with Crippen LogP contribution < -0.4 is 0 Å². The van der Waals surface area contributed by atoms with Crippen molar-refractivity contribution in [2.24, 2.45) is 0 Å². The molecule has 2 aromatic carbocycles. The van der Waals surface area contributed by atoms with Gasteiger partial charge in [0.15, 0.2) is 0 Å². The number of hydrogen-bond acceptors (Lipinski definition) is 1. The smallest absolute Gasteiger partial charge is 0.340 e. The molecule has 2 nitrogen and oxygen atoms in total. The van der Waals surface area contributed by atoms with Gasteiger partial charge in [-0.2, -0.15) is 13.2 Å². The van der Waals surface area contributed by atoms with Gasteiger partial charge >= 0.3 is 6.18 Å². The molecule has 2 bridgehead atoms. The van der Waals surface area contributed by atoms with Crippen molar-refractivity contribution in [3.63, 3.8) is 0 Å². The zero-order valence-corrected chi connectivity index (χ0v) is 15.3.